The summed E-state index contributed by atoms with van der Waals surface area (Å²) in [7, 11) is 1.66. The molecule has 0 atom stereocenters. The lowest BCUT2D eigenvalue weighted by Crippen LogP contribution is -1.97. The molecule has 0 radical (unpaired) electrons. The Bertz CT molecular complexity index is 525. The first-order valence-corrected chi connectivity index (χ1v) is 5.75. The molecule has 0 aliphatic rings. The fourth-order valence-corrected chi connectivity index (χ4v) is 1.95. The second-order valence-electron chi connectivity index (χ2n) is 3.75. The minimum atomic E-state index is 0.511. The standard InChI is InChI=1S/C14H14ClNO/c1-17-14-6-5-10(9-16)7-13(14)11-3-2-4-12(15)8-11/h2-8H,9,16H2,1H3. The van der Waals surface area contributed by atoms with Crippen LogP contribution in [0.3, 0.4) is 0 Å². The van der Waals surface area contributed by atoms with Crippen molar-refractivity contribution in [2.75, 3.05) is 7.11 Å². The summed E-state index contributed by atoms with van der Waals surface area (Å²) in [6, 6.07) is 13.6. The van der Waals surface area contributed by atoms with Gasteiger partial charge in [0.2, 0.25) is 0 Å². The zero-order chi connectivity index (χ0) is 12.3. The molecule has 0 unspecified atom stereocenters. The van der Waals surface area contributed by atoms with Crippen LogP contribution in [0.15, 0.2) is 42.5 Å². The molecule has 3 heteroatoms. The molecule has 2 N–H and O–H groups in total. The SMILES string of the molecule is COc1ccc(CN)cc1-c1cccc(Cl)c1. The third-order valence-corrected chi connectivity index (χ3v) is 2.87. The number of methoxy groups -OCH3 is 1. The third-order valence-electron chi connectivity index (χ3n) is 2.64. The smallest absolute Gasteiger partial charge is 0.126 e. The largest absolute Gasteiger partial charge is 0.496 e. The first kappa shape index (κ1) is 12.0. The Hall–Kier alpha value is -1.51. The number of halogens is 1. The van der Waals surface area contributed by atoms with Crippen molar-refractivity contribution < 1.29 is 4.74 Å². The summed E-state index contributed by atoms with van der Waals surface area (Å²) in [5, 5.41) is 0.711. The average Bonchev–Trinajstić information content (AvgIpc) is 2.38. The zero-order valence-electron chi connectivity index (χ0n) is 9.61. The molecule has 17 heavy (non-hydrogen) atoms. The molecule has 2 nitrogen and oxygen atoms in total. The van der Waals surface area contributed by atoms with Gasteiger partial charge in [0.15, 0.2) is 0 Å². The van der Waals surface area contributed by atoms with Crippen molar-refractivity contribution in [3.63, 3.8) is 0 Å². The number of ether oxygens (including phenoxy) is 1. The Balaban J connectivity index is 2.56. The lowest BCUT2D eigenvalue weighted by atomic mass is 10.0. The Morgan fingerprint density at radius 2 is 2.00 bits per heavy atom. The number of benzene rings is 2. The van der Waals surface area contributed by atoms with E-state index in [1.807, 2.05) is 42.5 Å². The fourth-order valence-electron chi connectivity index (χ4n) is 1.76. The van der Waals surface area contributed by atoms with Gasteiger partial charge in [0, 0.05) is 17.1 Å². The molecule has 0 aliphatic carbocycles. The molecule has 0 spiro atoms. The molecular weight excluding hydrogens is 234 g/mol. The van der Waals surface area contributed by atoms with Crippen molar-refractivity contribution >= 4 is 11.6 Å². The lowest BCUT2D eigenvalue weighted by molar-refractivity contribution is 0.416. The molecule has 2 aromatic rings. The minimum absolute atomic E-state index is 0.511. The average molecular weight is 248 g/mol. The highest BCUT2D eigenvalue weighted by Crippen LogP contribution is 2.32. The first-order valence-electron chi connectivity index (χ1n) is 5.37. The van der Waals surface area contributed by atoms with Crippen LogP contribution in [-0.4, -0.2) is 7.11 Å². The highest BCUT2D eigenvalue weighted by molar-refractivity contribution is 6.30. The first-order chi connectivity index (χ1) is 8.24. The van der Waals surface area contributed by atoms with E-state index in [0.29, 0.717) is 11.6 Å². The molecule has 0 bridgehead atoms. The third kappa shape index (κ3) is 2.60. The van der Waals surface area contributed by atoms with Gasteiger partial charge >= 0.3 is 0 Å². The predicted octanol–water partition coefficient (Wildman–Crippen LogP) is 3.47. The molecule has 0 saturated heterocycles. The van der Waals surface area contributed by atoms with Crippen LogP contribution in [0.2, 0.25) is 5.02 Å². The van der Waals surface area contributed by atoms with Gasteiger partial charge in [-0.25, -0.2) is 0 Å². The van der Waals surface area contributed by atoms with E-state index in [1.54, 1.807) is 7.11 Å². The molecule has 0 aromatic heterocycles. The second-order valence-corrected chi connectivity index (χ2v) is 4.19. The Morgan fingerprint density at radius 1 is 1.18 bits per heavy atom. The highest BCUT2D eigenvalue weighted by atomic mass is 35.5. The van der Waals surface area contributed by atoms with Crippen molar-refractivity contribution in [2.45, 2.75) is 6.54 Å². The Labute approximate surface area is 106 Å². The molecule has 0 amide bonds. The van der Waals surface area contributed by atoms with Gasteiger partial charge < -0.3 is 10.5 Å². The summed E-state index contributed by atoms with van der Waals surface area (Å²) in [5.41, 5.74) is 8.77. The zero-order valence-corrected chi connectivity index (χ0v) is 10.4. The van der Waals surface area contributed by atoms with E-state index in [-0.39, 0.29) is 0 Å². The number of hydrogen-bond acceptors (Lipinski definition) is 2. The van der Waals surface area contributed by atoms with E-state index in [2.05, 4.69) is 0 Å². The van der Waals surface area contributed by atoms with E-state index in [0.717, 1.165) is 22.4 Å². The monoisotopic (exact) mass is 247 g/mol. The van der Waals surface area contributed by atoms with Crippen molar-refractivity contribution in [1.82, 2.24) is 0 Å². The summed E-state index contributed by atoms with van der Waals surface area (Å²) in [6.07, 6.45) is 0. The molecule has 2 aromatic carbocycles. The van der Waals surface area contributed by atoms with Gasteiger partial charge in [0.25, 0.3) is 0 Å². The van der Waals surface area contributed by atoms with Gasteiger partial charge in [0.1, 0.15) is 5.75 Å². The summed E-state index contributed by atoms with van der Waals surface area (Å²) < 4.78 is 5.36. The Morgan fingerprint density at radius 3 is 2.65 bits per heavy atom. The maximum atomic E-state index is 6.00. The minimum Gasteiger partial charge on any atom is -0.496 e. The molecule has 0 aliphatic heterocycles. The van der Waals surface area contributed by atoms with E-state index < -0.39 is 0 Å². The van der Waals surface area contributed by atoms with E-state index >= 15 is 0 Å². The van der Waals surface area contributed by atoms with Crippen LogP contribution in [0.1, 0.15) is 5.56 Å². The Kier molecular flexibility index (Phi) is 3.67. The summed E-state index contributed by atoms with van der Waals surface area (Å²) >= 11 is 6.00. The molecule has 0 saturated carbocycles. The summed E-state index contributed by atoms with van der Waals surface area (Å²) in [5.74, 6) is 0.824. The van der Waals surface area contributed by atoms with Crippen molar-refractivity contribution in [1.29, 1.82) is 0 Å². The normalized spacial score (nSPS) is 10.3. The van der Waals surface area contributed by atoms with Crippen LogP contribution in [0.4, 0.5) is 0 Å². The van der Waals surface area contributed by atoms with Gasteiger partial charge in [-0.1, -0.05) is 29.8 Å². The van der Waals surface area contributed by atoms with Gasteiger partial charge in [-0.15, -0.1) is 0 Å². The molecule has 88 valence electrons. The molecule has 0 heterocycles. The number of rotatable bonds is 3. The van der Waals surface area contributed by atoms with Crippen molar-refractivity contribution in [2.24, 2.45) is 5.73 Å². The second kappa shape index (κ2) is 5.21. The quantitative estimate of drug-likeness (QED) is 0.901. The van der Waals surface area contributed by atoms with E-state index in [9.17, 15) is 0 Å². The van der Waals surface area contributed by atoms with Crippen LogP contribution >= 0.6 is 11.6 Å². The van der Waals surface area contributed by atoms with E-state index in [4.69, 9.17) is 22.1 Å². The van der Waals surface area contributed by atoms with Crippen molar-refractivity contribution in [3.8, 4) is 16.9 Å². The molecular formula is C14H14ClNO. The fraction of sp³-hybridized carbons (Fsp3) is 0.143. The van der Waals surface area contributed by atoms with Gasteiger partial charge in [-0.3, -0.25) is 0 Å². The number of nitrogens with two attached hydrogens (primary N) is 1. The van der Waals surface area contributed by atoms with Crippen LogP contribution in [0.5, 0.6) is 5.75 Å². The van der Waals surface area contributed by atoms with Crippen LogP contribution < -0.4 is 10.5 Å². The van der Waals surface area contributed by atoms with Gasteiger partial charge in [0.05, 0.1) is 7.11 Å². The molecule has 2 rings (SSSR count). The maximum absolute atomic E-state index is 6.00. The lowest BCUT2D eigenvalue weighted by Gasteiger charge is -2.10. The maximum Gasteiger partial charge on any atom is 0.126 e. The number of hydrogen-bond donors (Lipinski definition) is 1. The van der Waals surface area contributed by atoms with Crippen molar-refractivity contribution in [3.05, 3.63) is 53.1 Å². The summed E-state index contributed by atoms with van der Waals surface area (Å²) in [4.78, 5) is 0. The topological polar surface area (TPSA) is 35.2 Å². The predicted molar refractivity (Wildman–Crippen MR) is 71.3 cm³/mol. The van der Waals surface area contributed by atoms with Crippen LogP contribution in [-0.2, 0) is 6.54 Å². The van der Waals surface area contributed by atoms with Gasteiger partial charge in [-0.2, -0.15) is 0 Å². The van der Waals surface area contributed by atoms with Crippen LogP contribution in [0.25, 0.3) is 11.1 Å². The summed E-state index contributed by atoms with van der Waals surface area (Å²) in [6.45, 7) is 0.511. The van der Waals surface area contributed by atoms with Gasteiger partial charge in [-0.05, 0) is 35.4 Å². The van der Waals surface area contributed by atoms with Crippen LogP contribution in [0, 0.1) is 0 Å². The van der Waals surface area contributed by atoms with E-state index in [1.165, 1.54) is 0 Å². The highest BCUT2D eigenvalue weighted by Gasteiger charge is 2.07. The molecule has 0 fully saturated rings.